The van der Waals surface area contributed by atoms with Crippen LogP contribution >= 0.6 is 0 Å². The smallest absolute Gasteiger partial charge is 0.389 e. The van der Waals surface area contributed by atoms with Crippen molar-refractivity contribution in [2.24, 2.45) is 0 Å². The van der Waals surface area contributed by atoms with Gasteiger partial charge in [0.1, 0.15) is 17.1 Å². The number of aryl methyl sites for hydroxylation is 3. The molecule has 0 unspecified atom stereocenters. The third kappa shape index (κ3) is 7.61. The summed E-state index contributed by atoms with van der Waals surface area (Å²) in [6, 6.07) is 15.4. The van der Waals surface area contributed by atoms with Crippen LogP contribution < -0.4 is 15.4 Å². The van der Waals surface area contributed by atoms with Gasteiger partial charge in [-0.1, -0.05) is 36.4 Å². The molecule has 1 spiro atoms. The summed E-state index contributed by atoms with van der Waals surface area (Å²) in [6.07, 6.45) is -0.287. The second-order valence-corrected chi connectivity index (χ2v) is 13.7. The van der Waals surface area contributed by atoms with Crippen molar-refractivity contribution in [3.8, 4) is 5.75 Å². The van der Waals surface area contributed by atoms with E-state index in [0.717, 1.165) is 48.6 Å². The number of sulfone groups is 1. The maximum absolute atomic E-state index is 13.7. The maximum atomic E-state index is 13.7. The summed E-state index contributed by atoms with van der Waals surface area (Å²) in [5.41, 5.74) is 3.13. The molecule has 0 bridgehead atoms. The van der Waals surface area contributed by atoms with E-state index in [1.807, 2.05) is 42.5 Å². The minimum Gasteiger partial charge on any atom is -0.494 e. The maximum Gasteiger partial charge on any atom is 0.389 e. The number of benzene rings is 2. The molecule has 13 heteroatoms. The fourth-order valence-electron chi connectivity index (χ4n) is 6.11. The number of anilines is 1. The highest BCUT2D eigenvalue weighted by Gasteiger charge is 2.45. The van der Waals surface area contributed by atoms with Crippen molar-refractivity contribution in [3.63, 3.8) is 0 Å². The van der Waals surface area contributed by atoms with Crippen LogP contribution in [0.3, 0.4) is 0 Å². The van der Waals surface area contributed by atoms with Gasteiger partial charge < -0.3 is 15.4 Å². The highest BCUT2D eigenvalue weighted by molar-refractivity contribution is 7.91. The van der Waals surface area contributed by atoms with Gasteiger partial charge in [-0.25, -0.2) is 8.42 Å². The molecule has 0 radical (unpaired) electrons. The van der Waals surface area contributed by atoms with Crippen molar-refractivity contribution in [3.05, 3.63) is 76.5 Å². The van der Waals surface area contributed by atoms with Gasteiger partial charge in [0.05, 0.1) is 17.8 Å². The quantitative estimate of drug-likeness (QED) is 0.295. The fraction of sp³-hybridized carbons (Fsp3) is 0.452. The molecule has 0 fully saturated rings. The lowest BCUT2D eigenvalue weighted by molar-refractivity contribution is -0.136. The lowest BCUT2D eigenvalue weighted by Gasteiger charge is -2.42. The van der Waals surface area contributed by atoms with Gasteiger partial charge >= 0.3 is 6.18 Å². The van der Waals surface area contributed by atoms with Gasteiger partial charge in [-0.05, 0) is 67.3 Å². The molecule has 3 aromatic rings. The molecule has 2 amide bonds. The largest absolute Gasteiger partial charge is 0.494 e. The Bertz CT molecular complexity index is 1640. The normalized spacial score (nSPS) is 18.0. The van der Waals surface area contributed by atoms with E-state index < -0.39 is 45.5 Å². The van der Waals surface area contributed by atoms with Crippen LogP contribution in [0.4, 0.5) is 19.0 Å². The molecular weight excluding hydrogens is 597 g/mol. The number of hydrogen-bond acceptors (Lipinski definition) is 6. The first kappa shape index (κ1) is 31.6. The Labute approximate surface area is 254 Å². The second-order valence-electron chi connectivity index (χ2n) is 11.6. The predicted molar refractivity (Wildman–Crippen MR) is 158 cm³/mol. The summed E-state index contributed by atoms with van der Waals surface area (Å²) >= 11 is 0. The third-order valence-corrected chi connectivity index (χ3v) is 8.74. The third-order valence-electron chi connectivity index (χ3n) is 7.95. The zero-order valence-electron chi connectivity index (χ0n) is 24.4. The number of nitrogens with zero attached hydrogens (tertiary/aromatic N) is 2. The SMILES string of the molecule is CS(=O)(=O)CC(=O)Nc1nn(CCCc2ccccc2)c2c1C(=O)N[C@@]1(CCCc3cc(OCCCC(F)(F)F)ccc31)C2. The number of halogens is 3. The van der Waals surface area contributed by atoms with Crippen molar-refractivity contribution in [2.45, 2.75) is 69.6 Å². The number of carbonyl (C=O) groups excluding carboxylic acids is 2. The van der Waals surface area contributed by atoms with Gasteiger partial charge in [0, 0.05) is 25.6 Å². The molecule has 1 atom stereocenters. The summed E-state index contributed by atoms with van der Waals surface area (Å²) in [5, 5.41) is 10.3. The van der Waals surface area contributed by atoms with Crippen molar-refractivity contribution in [1.29, 1.82) is 0 Å². The van der Waals surface area contributed by atoms with E-state index in [4.69, 9.17) is 4.74 Å². The second kappa shape index (κ2) is 12.6. The predicted octanol–water partition coefficient (Wildman–Crippen LogP) is 4.74. The molecule has 5 rings (SSSR count). The van der Waals surface area contributed by atoms with E-state index in [9.17, 15) is 31.2 Å². The Morgan fingerprint density at radius 1 is 1.16 bits per heavy atom. The number of nitrogens with one attached hydrogen (secondary N) is 2. The Hall–Kier alpha value is -3.87. The van der Waals surface area contributed by atoms with Gasteiger partial charge in [-0.2, -0.15) is 18.3 Å². The molecular formula is C31H35F3N4O5S. The lowest BCUT2D eigenvalue weighted by Crippen LogP contribution is -2.53. The summed E-state index contributed by atoms with van der Waals surface area (Å²) in [4.78, 5) is 26.3. The molecule has 9 nitrogen and oxygen atoms in total. The zero-order valence-corrected chi connectivity index (χ0v) is 25.2. The summed E-state index contributed by atoms with van der Waals surface area (Å²) in [6.45, 7) is 0.416. The number of carbonyl (C=O) groups is 2. The van der Waals surface area contributed by atoms with Crippen LogP contribution in [0, 0.1) is 0 Å². The van der Waals surface area contributed by atoms with Crippen LogP contribution in [0.1, 0.15) is 64.8 Å². The Balaban J connectivity index is 1.41. The number of ether oxygens (including phenoxy) is 1. The van der Waals surface area contributed by atoms with Crippen molar-refractivity contribution in [1.82, 2.24) is 15.1 Å². The van der Waals surface area contributed by atoms with Crippen LogP contribution in [0.5, 0.6) is 5.75 Å². The summed E-state index contributed by atoms with van der Waals surface area (Å²) in [5.74, 6) is -1.42. The molecule has 1 aromatic heterocycles. The lowest BCUT2D eigenvalue weighted by atomic mass is 9.72. The van der Waals surface area contributed by atoms with Crippen molar-refractivity contribution >= 4 is 27.5 Å². The minimum atomic E-state index is -4.23. The molecule has 1 aliphatic carbocycles. The molecule has 2 aromatic carbocycles. The molecule has 2 heterocycles. The standard InChI is InChI=1S/C31H35F3N4O5S/c1-44(41,42)20-26(39)35-28-27-25(38(37-28)16-6-10-21-8-3-2-4-9-21)19-30(36-29(27)40)14-5-11-22-18-23(12-13-24(22)30)43-17-7-15-31(32,33)34/h2-4,8-9,12-13,18H,5-7,10-11,14-17,19-20H2,1H3,(H,36,40)(H,35,37,39)/t30-/m0/s1. The Kier molecular flexibility index (Phi) is 9.05. The van der Waals surface area contributed by atoms with E-state index >= 15 is 0 Å². The topological polar surface area (TPSA) is 119 Å². The monoisotopic (exact) mass is 632 g/mol. The number of rotatable bonds is 11. The number of fused-ring (bicyclic) bond motifs is 3. The first-order valence-electron chi connectivity index (χ1n) is 14.6. The van der Waals surface area contributed by atoms with Crippen LogP contribution in [-0.4, -0.2) is 54.8 Å². The Morgan fingerprint density at radius 3 is 2.66 bits per heavy atom. The molecule has 44 heavy (non-hydrogen) atoms. The van der Waals surface area contributed by atoms with Crippen molar-refractivity contribution in [2.75, 3.05) is 23.9 Å². The fourth-order valence-corrected chi connectivity index (χ4v) is 6.65. The highest BCUT2D eigenvalue weighted by atomic mass is 32.2. The first-order valence-corrected chi connectivity index (χ1v) is 16.6. The van der Waals surface area contributed by atoms with E-state index in [-0.39, 0.29) is 24.4 Å². The van der Waals surface area contributed by atoms with Gasteiger partial charge in [-0.3, -0.25) is 14.3 Å². The van der Waals surface area contributed by atoms with E-state index in [1.54, 1.807) is 10.7 Å². The molecule has 0 saturated heterocycles. The molecule has 2 aliphatic rings. The van der Waals surface area contributed by atoms with Gasteiger partial charge in [0.15, 0.2) is 15.7 Å². The minimum absolute atomic E-state index is 0.0272. The van der Waals surface area contributed by atoms with Crippen LogP contribution in [-0.2, 0) is 46.0 Å². The number of amides is 2. The summed E-state index contributed by atoms with van der Waals surface area (Å²) < 4.78 is 68.3. The van der Waals surface area contributed by atoms with Crippen LogP contribution in [0.15, 0.2) is 48.5 Å². The molecule has 236 valence electrons. The van der Waals surface area contributed by atoms with Gasteiger partial charge in [0.2, 0.25) is 5.91 Å². The average Bonchev–Trinajstić information content (AvgIpc) is 3.27. The highest BCUT2D eigenvalue weighted by Crippen LogP contribution is 2.43. The average molecular weight is 633 g/mol. The van der Waals surface area contributed by atoms with Crippen LogP contribution in [0.2, 0.25) is 0 Å². The first-order chi connectivity index (χ1) is 20.8. The van der Waals surface area contributed by atoms with Crippen LogP contribution in [0.25, 0.3) is 0 Å². The van der Waals surface area contributed by atoms with Crippen molar-refractivity contribution < 1.29 is 35.9 Å². The summed E-state index contributed by atoms with van der Waals surface area (Å²) in [7, 11) is -3.60. The van der Waals surface area contributed by atoms with Gasteiger partial charge in [-0.15, -0.1) is 0 Å². The number of alkyl halides is 3. The van der Waals surface area contributed by atoms with Gasteiger partial charge in [0.25, 0.3) is 5.91 Å². The van der Waals surface area contributed by atoms with E-state index in [2.05, 4.69) is 15.7 Å². The number of hydrogen-bond donors (Lipinski definition) is 2. The molecule has 1 aliphatic heterocycles. The zero-order chi connectivity index (χ0) is 31.5. The van der Waals surface area contributed by atoms with E-state index in [1.165, 1.54) is 0 Å². The number of aromatic nitrogens is 2. The molecule has 0 saturated carbocycles. The van der Waals surface area contributed by atoms with E-state index in [0.29, 0.717) is 30.8 Å². The molecule has 2 N–H and O–H groups in total. The Morgan fingerprint density at radius 2 is 1.93 bits per heavy atom.